The van der Waals surface area contributed by atoms with Gasteiger partial charge in [0.15, 0.2) is 18.5 Å². The first-order valence-corrected chi connectivity index (χ1v) is 2.44. The Labute approximate surface area is 48.1 Å². The van der Waals surface area contributed by atoms with Gasteiger partial charge in [-0.2, -0.15) is 0 Å². The van der Waals surface area contributed by atoms with Crippen molar-refractivity contribution in [3.63, 3.8) is 0 Å². The largest absolute Gasteiger partial charge is 0.435 e. The zero-order chi connectivity index (χ0) is 6.04. The molecular formula is C5H8N2O. The summed E-state index contributed by atoms with van der Waals surface area (Å²) in [6.45, 7) is 3.81. The molecule has 0 saturated carbocycles. The number of nitrogens with zero attached hydrogens (tertiary/aromatic N) is 2. The third kappa shape index (κ3) is 1.05. The number of rotatable bonds is 0. The fraction of sp³-hybridized carbons (Fsp3) is 0.600. The van der Waals surface area contributed by atoms with E-state index in [0.717, 1.165) is 0 Å². The molecule has 1 aliphatic rings. The van der Waals surface area contributed by atoms with Gasteiger partial charge in [0.05, 0.1) is 0 Å². The van der Waals surface area contributed by atoms with Crippen molar-refractivity contribution in [2.45, 2.75) is 19.5 Å². The lowest BCUT2D eigenvalue weighted by atomic mass is 10.3. The Balaban J connectivity index is 2.69. The standard InChI is InChI=1S/C5H8N2O/c1-5(2)6-3-8-4-7-5/h3-4H,1-2H3. The average Bonchev–Trinajstić information content (AvgIpc) is 1.65. The molecule has 0 unspecified atom stereocenters. The van der Waals surface area contributed by atoms with Gasteiger partial charge in [-0.15, -0.1) is 0 Å². The van der Waals surface area contributed by atoms with Gasteiger partial charge >= 0.3 is 0 Å². The molecule has 0 saturated heterocycles. The Hall–Kier alpha value is -0.860. The van der Waals surface area contributed by atoms with Crippen molar-refractivity contribution in [1.29, 1.82) is 0 Å². The van der Waals surface area contributed by atoms with Crippen LogP contribution < -0.4 is 0 Å². The zero-order valence-electron chi connectivity index (χ0n) is 4.96. The predicted octanol–water partition coefficient (Wildman–Crippen LogP) is 0.809. The lowest BCUT2D eigenvalue weighted by molar-refractivity contribution is 0.472. The normalized spacial score (nSPS) is 22.8. The van der Waals surface area contributed by atoms with Crippen molar-refractivity contribution in [2.75, 3.05) is 0 Å². The van der Waals surface area contributed by atoms with E-state index in [2.05, 4.69) is 14.7 Å². The van der Waals surface area contributed by atoms with Crippen LogP contribution in [0, 0.1) is 0 Å². The van der Waals surface area contributed by atoms with Gasteiger partial charge in [-0.05, 0) is 13.8 Å². The van der Waals surface area contributed by atoms with E-state index < -0.39 is 0 Å². The van der Waals surface area contributed by atoms with Crippen LogP contribution in [0.15, 0.2) is 9.98 Å². The number of aliphatic imine (C=N–C) groups is 2. The van der Waals surface area contributed by atoms with Crippen LogP contribution in [-0.2, 0) is 4.74 Å². The first-order valence-electron chi connectivity index (χ1n) is 2.44. The van der Waals surface area contributed by atoms with Gasteiger partial charge in [0.1, 0.15) is 0 Å². The second-order valence-corrected chi connectivity index (χ2v) is 2.10. The van der Waals surface area contributed by atoms with Crippen molar-refractivity contribution in [3.05, 3.63) is 0 Å². The van der Waals surface area contributed by atoms with Crippen molar-refractivity contribution in [1.82, 2.24) is 0 Å². The third-order valence-corrected chi connectivity index (χ3v) is 0.859. The molecule has 0 radical (unpaired) electrons. The van der Waals surface area contributed by atoms with Crippen LogP contribution in [0.3, 0.4) is 0 Å². The summed E-state index contributed by atoms with van der Waals surface area (Å²) >= 11 is 0. The highest BCUT2D eigenvalue weighted by Gasteiger charge is 2.13. The van der Waals surface area contributed by atoms with Crippen molar-refractivity contribution >= 4 is 12.8 Å². The summed E-state index contributed by atoms with van der Waals surface area (Å²) in [5.41, 5.74) is -0.307. The van der Waals surface area contributed by atoms with Crippen LogP contribution in [-0.4, -0.2) is 18.5 Å². The Morgan fingerprint density at radius 3 is 2.00 bits per heavy atom. The van der Waals surface area contributed by atoms with E-state index in [1.165, 1.54) is 12.8 Å². The van der Waals surface area contributed by atoms with Crippen molar-refractivity contribution < 1.29 is 4.74 Å². The van der Waals surface area contributed by atoms with Gasteiger partial charge in [0, 0.05) is 0 Å². The third-order valence-electron chi connectivity index (χ3n) is 0.859. The molecule has 3 heteroatoms. The second-order valence-electron chi connectivity index (χ2n) is 2.10. The Morgan fingerprint density at radius 2 is 1.75 bits per heavy atom. The predicted molar refractivity (Wildman–Crippen MR) is 32.1 cm³/mol. The first-order chi connectivity index (χ1) is 3.71. The average molecular weight is 112 g/mol. The highest BCUT2D eigenvalue weighted by molar-refractivity contribution is 5.66. The Morgan fingerprint density at radius 1 is 1.25 bits per heavy atom. The van der Waals surface area contributed by atoms with Crippen LogP contribution in [0.4, 0.5) is 0 Å². The summed E-state index contributed by atoms with van der Waals surface area (Å²) in [6.07, 6.45) is 2.79. The summed E-state index contributed by atoms with van der Waals surface area (Å²) < 4.78 is 4.62. The Bertz CT molecular complexity index is 123. The minimum Gasteiger partial charge on any atom is -0.435 e. The van der Waals surface area contributed by atoms with E-state index in [4.69, 9.17) is 0 Å². The number of hydrogen-bond donors (Lipinski definition) is 0. The SMILES string of the molecule is CC1(C)N=COC=N1. The summed E-state index contributed by atoms with van der Waals surface area (Å²) in [5, 5.41) is 0. The van der Waals surface area contributed by atoms with Crippen LogP contribution >= 0.6 is 0 Å². The maximum absolute atomic E-state index is 4.62. The van der Waals surface area contributed by atoms with Gasteiger partial charge in [0.25, 0.3) is 0 Å². The molecule has 0 spiro atoms. The molecule has 0 bridgehead atoms. The minimum atomic E-state index is -0.307. The summed E-state index contributed by atoms with van der Waals surface area (Å²) in [4.78, 5) is 7.83. The molecule has 1 heterocycles. The smallest absolute Gasteiger partial charge is 0.180 e. The molecule has 0 aromatic carbocycles. The monoisotopic (exact) mass is 112 g/mol. The zero-order valence-corrected chi connectivity index (χ0v) is 4.96. The molecular weight excluding hydrogens is 104 g/mol. The van der Waals surface area contributed by atoms with Crippen molar-refractivity contribution in [3.8, 4) is 0 Å². The Kier molecular flexibility index (Phi) is 1.04. The highest BCUT2D eigenvalue weighted by Crippen LogP contribution is 2.10. The fourth-order valence-electron chi connectivity index (χ4n) is 0.379. The maximum atomic E-state index is 4.62. The number of ether oxygens (including phenoxy) is 1. The molecule has 3 nitrogen and oxygen atoms in total. The summed E-state index contributed by atoms with van der Waals surface area (Å²) in [5.74, 6) is 0. The van der Waals surface area contributed by atoms with E-state index in [1.807, 2.05) is 13.8 Å². The molecule has 44 valence electrons. The molecule has 0 fully saturated rings. The minimum absolute atomic E-state index is 0.307. The van der Waals surface area contributed by atoms with E-state index in [1.54, 1.807) is 0 Å². The van der Waals surface area contributed by atoms with E-state index in [9.17, 15) is 0 Å². The first kappa shape index (κ1) is 5.28. The van der Waals surface area contributed by atoms with E-state index in [-0.39, 0.29) is 5.66 Å². The van der Waals surface area contributed by atoms with Gasteiger partial charge in [-0.3, -0.25) is 0 Å². The molecule has 0 aromatic heterocycles. The quantitative estimate of drug-likeness (QED) is 0.456. The molecule has 8 heavy (non-hydrogen) atoms. The van der Waals surface area contributed by atoms with Crippen molar-refractivity contribution in [2.24, 2.45) is 9.98 Å². The number of hydrogen-bond acceptors (Lipinski definition) is 3. The van der Waals surface area contributed by atoms with Crippen LogP contribution in [0.25, 0.3) is 0 Å². The maximum Gasteiger partial charge on any atom is 0.180 e. The molecule has 0 N–H and O–H groups in total. The summed E-state index contributed by atoms with van der Waals surface area (Å²) in [6, 6.07) is 0. The van der Waals surface area contributed by atoms with Crippen LogP contribution in [0.2, 0.25) is 0 Å². The molecule has 0 aromatic rings. The fourth-order valence-corrected chi connectivity index (χ4v) is 0.379. The highest BCUT2D eigenvalue weighted by atomic mass is 16.5. The molecule has 0 aliphatic carbocycles. The van der Waals surface area contributed by atoms with E-state index in [0.29, 0.717) is 0 Å². The van der Waals surface area contributed by atoms with Gasteiger partial charge in [-0.25, -0.2) is 9.98 Å². The van der Waals surface area contributed by atoms with E-state index >= 15 is 0 Å². The lowest BCUT2D eigenvalue weighted by Crippen LogP contribution is -2.17. The molecule has 1 rings (SSSR count). The van der Waals surface area contributed by atoms with Crippen LogP contribution in [0.1, 0.15) is 13.8 Å². The van der Waals surface area contributed by atoms with Gasteiger partial charge in [0.2, 0.25) is 0 Å². The molecule has 0 atom stereocenters. The second kappa shape index (κ2) is 1.58. The summed E-state index contributed by atoms with van der Waals surface area (Å²) in [7, 11) is 0. The lowest BCUT2D eigenvalue weighted by Gasteiger charge is -2.14. The topological polar surface area (TPSA) is 34.0 Å². The molecule has 1 aliphatic heterocycles. The van der Waals surface area contributed by atoms with Gasteiger partial charge < -0.3 is 4.74 Å². The molecule has 0 amide bonds. The van der Waals surface area contributed by atoms with Crippen LogP contribution in [0.5, 0.6) is 0 Å². The van der Waals surface area contributed by atoms with Gasteiger partial charge in [-0.1, -0.05) is 0 Å².